The van der Waals surface area contributed by atoms with Crippen LogP contribution in [0.25, 0.3) is 0 Å². The molecule has 10 heteroatoms. The summed E-state index contributed by atoms with van der Waals surface area (Å²) in [7, 11) is 0. The number of carbonyl (C=O) groups excluding carboxylic acids is 2. The van der Waals surface area contributed by atoms with Crippen molar-refractivity contribution in [2.45, 2.75) is 46.0 Å². The lowest BCUT2D eigenvalue weighted by atomic mass is 10.2. The highest BCUT2D eigenvalue weighted by atomic mass is 79.9. The average molecular weight is 615 g/mol. The molecule has 0 saturated heterocycles. The monoisotopic (exact) mass is 613 g/mol. The van der Waals surface area contributed by atoms with Crippen molar-refractivity contribution < 1.29 is 19.1 Å². The van der Waals surface area contributed by atoms with Gasteiger partial charge in [-0.25, -0.2) is 0 Å². The second kappa shape index (κ2) is 15.0. The minimum absolute atomic E-state index is 0.0549. The summed E-state index contributed by atoms with van der Waals surface area (Å²) in [5.41, 5.74) is 6.41. The second-order valence-corrected chi connectivity index (χ2v) is 9.59. The number of halogens is 2. The third-order valence-electron chi connectivity index (χ3n) is 4.75. The van der Waals surface area contributed by atoms with Crippen LogP contribution in [0.1, 0.15) is 55.5 Å². The van der Waals surface area contributed by atoms with Gasteiger partial charge in [-0.15, -0.1) is 0 Å². The summed E-state index contributed by atoms with van der Waals surface area (Å²) >= 11 is 11.9. The van der Waals surface area contributed by atoms with E-state index in [4.69, 9.17) is 21.7 Å². The third-order valence-corrected chi connectivity index (χ3v) is 6.06. The number of carbonyl (C=O) groups is 2. The fourth-order valence-electron chi connectivity index (χ4n) is 2.91. The molecular weight excluding hydrogens is 586 g/mol. The number of thiocarbonyl (C=S) groups is 1. The van der Waals surface area contributed by atoms with E-state index in [-0.39, 0.29) is 11.7 Å². The van der Waals surface area contributed by atoms with Crippen LogP contribution in [0, 0.1) is 0 Å². The smallest absolute Gasteiger partial charge is 0.276 e. The maximum absolute atomic E-state index is 12.7. The SMILES string of the molecule is CCCCCCOc1ccc(Br)cc1C(=O)NC(=S)NNC(=O)COc1ccc(CC)cc1Br. The van der Waals surface area contributed by atoms with E-state index < -0.39 is 11.8 Å². The first-order chi connectivity index (χ1) is 16.3. The van der Waals surface area contributed by atoms with Gasteiger partial charge < -0.3 is 9.47 Å². The van der Waals surface area contributed by atoms with Crippen molar-refractivity contribution in [1.82, 2.24) is 16.2 Å². The molecule has 0 aliphatic carbocycles. The molecule has 2 aromatic carbocycles. The molecule has 0 spiro atoms. The molecule has 0 unspecified atom stereocenters. The van der Waals surface area contributed by atoms with E-state index in [9.17, 15) is 9.59 Å². The molecule has 7 nitrogen and oxygen atoms in total. The van der Waals surface area contributed by atoms with E-state index in [2.05, 4.69) is 61.9 Å². The highest BCUT2D eigenvalue weighted by molar-refractivity contribution is 9.10. The fourth-order valence-corrected chi connectivity index (χ4v) is 3.95. The number of aryl methyl sites for hydroxylation is 1. The van der Waals surface area contributed by atoms with Crippen molar-refractivity contribution in [1.29, 1.82) is 0 Å². The van der Waals surface area contributed by atoms with Crippen molar-refractivity contribution in [3.8, 4) is 11.5 Å². The Labute approximate surface area is 222 Å². The molecule has 2 aromatic rings. The predicted octanol–water partition coefficient (Wildman–Crippen LogP) is 5.45. The molecule has 3 N–H and O–H groups in total. The highest BCUT2D eigenvalue weighted by Gasteiger charge is 2.15. The van der Waals surface area contributed by atoms with Gasteiger partial charge in [-0.05, 0) is 76.9 Å². The summed E-state index contributed by atoms with van der Waals surface area (Å²) in [6.07, 6.45) is 5.18. The zero-order chi connectivity index (χ0) is 24.9. The first kappa shape index (κ1) is 28.1. The normalized spacial score (nSPS) is 10.4. The Balaban J connectivity index is 1.82. The van der Waals surface area contributed by atoms with Gasteiger partial charge in [0.15, 0.2) is 11.7 Å². The number of rotatable bonds is 11. The maximum atomic E-state index is 12.7. The quantitative estimate of drug-likeness (QED) is 0.177. The van der Waals surface area contributed by atoms with Crippen LogP contribution in [0.4, 0.5) is 0 Å². The minimum atomic E-state index is -0.457. The van der Waals surface area contributed by atoms with Crippen LogP contribution >= 0.6 is 44.1 Å². The number of hydrogen-bond acceptors (Lipinski definition) is 5. The zero-order valence-electron chi connectivity index (χ0n) is 19.2. The Hall–Kier alpha value is -2.17. The number of unbranched alkanes of at least 4 members (excludes halogenated alkanes) is 3. The maximum Gasteiger partial charge on any atom is 0.276 e. The molecule has 2 rings (SSSR count). The Bertz CT molecular complexity index is 1000. The molecular formula is C24H29Br2N3O4S. The van der Waals surface area contributed by atoms with Crippen LogP contribution in [0.5, 0.6) is 11.5 Å². The molecule has 184 valence electrons. The van der Waals surface area contributed by atoms with E-state index in [1.165, 1.54) is 0 Å². The number of amides is 2. The molecule has 34 heavy (non-hydrogen) atoms. The molecule has 0 radical (unpaired) electrons. The van der Waals surface area contributed by atoms with Crippen molar-refractivity contribution in [3.05, 3.63) is 56.5 Å². The number of benzene rings is 2. The van der Waals surface area contributed by atoms with Gasteiger partial charge in [-0.3, -0.25) is 25.8 Å². The summed E-state index contributed by atoms with van der Waals surface area (Å²) < 4.78 is 12.8. The van der Waals surface area contributed by atoms with Crippen LogP contribution in [0.3, 0.4) is 0 Å². The van der Waals surface area contributed by atoms with Gasteiger partial charge in [-0.1, -0.05) is 55.1 Å². The molecule has 0 aliphatic rings. The number of ether oxygens (including phenoxy) is 2. The lowest BCUT2D eigenvalue weighted by Gasteiger charge is -2.14. The van der Waals surface area contributed by atoms with Crippen LogP contribution in [-0.2, 0) is 11.2 Å². The van der Waals surface area contributed by atoms with Gasteiger partial charge in [0.05, 0.1) is 16.6 Å². The molecule has 0 fully saturated rings. The minimum Gasteiger partial charge on any atom is -0.493 e. The molecule has 2 amide bonds. The van der Waals surface area contributed by atoms with Gasteiger partial charge in [0.1, 0.15) is 11.5 Å². The fraction of sp³-hybridized carbons (Fsp3) is 0.375. The molecule has 0 atom stereocenters. The Kier molecular flexibility index (Phi) is 12.3. The molecule has 0 heterocycles. The molecule has 0 saturated carbocycles. The topological polar surface area (TPSA) is 88.7 Å². The second-order valence-electron chi connectivity index (χ2n) is 7.41. The third kappa shape index (κ3) is 9.60. The lowest BCUT2D eigenvalue weighted by Crippen LogP contribution is -2.49. The van der Waals surface area contributed by atoms with Gasteiger partial charge in [-0.2, -0.15) is 0 Å². The zero-order valence-corrected chi connectivity index (χ0v) is 23.2. The lowest BCUT2D eigenvalue weighted by molar-refractivity contribution is -0.123. The van der Waals surface area contributed by atoms with Gasteiger partial charge >= 0.3 is 0 Å². The number of nitrogens with one attached hydrogen (secondary N) is 3. The largest absolute Gasteiger partial charge is 0.493 e. The van der Waals surface area contributed by atoms with Gasteiger partial charge in [0.25, 0.3) is 11.8 Å². The van der Waals surface area contributed by atoms with E-state index in [0.717, 1.165) is 46.6 Å². The van der Waals surface area contributed by atoms with E-state index in [0.29, 0.717) is 23.7 Å². The van der Waals surface area contributed by atoms with Crippen molar-refractivity contribution in [2.24, 2.45) is 0 Å². The highest BCUT2D eigenvalue weighted by Crippen LogP contribution is 2.26. The average Bonchev–Trinajstić information content (AvgIpc) is 2.82. The molecule has 0 aliphatic heterocycles. The first-order valence-electron chi connectivity index (χ1n) is 11.1. The van der Waals surface area contributed by atoms with Crippen molar-refractivity contribution in [2.75, 3.05) is 13.2 Å². The summed E-state index contributed by atoms with van der Waals surface area (Å²) in [4.78, 5) is 24.8. The Morgan fingerprint density at radius 3 is 2.41 bits per heavy atom. The Morgan fingerprint density at radius 2 is 1.71 bits per heavy atom. The standard InChI is InChI=1S/C24H29Br2N3O4S/c1-3-5-6-7-12-32-20-11-9-17(25)14-18(20)23(31)27-24(34)29-28-22(30)15-33-21-10-8-16(4-2)13-19(21)26/h8-11,13-14H,3-7,12,15H2,1-2H3,(H,28,30)(H2,27,29,31,34). The molecule has 0 bridgehead atoms. The van der Waals surface area contributed by atoms with Crippen molar-refractivity contribution in [3.63, 3.8) is 0 Å². The summed E-state index contributed by atoms with van der Waals surface area (Å²) in [6, 6.07) is 10.9. The predicted molar refractivity (Wildman–Crippen MR) is 144 cm³/mol. The van der Waals surface area contributed by atoms with Crippen LogP contribution in [-0.4, -0.2) is 30.1 Å². The van der Waals surface area contributed by atoms with Crippen LogP contribution < -0.4 is 25.6 Å². The van der Waals surface area contributed by atoms with Gasteiger partial charge in [0.2, 0.25) is 0 Å². The summed E-state index contributed by atoms with van der Waals surface area (Å²) in [5.74, 6) is 0.117. The van der Waals surface area contributed by atoms with E-state index >= 15 is 0 Å². The van der Waals surface area contributed by atoms with Crippen LogP contribution in [0.15, 0.2) is 45.3 Å². The van der Waals surface area contributed by atoms with Crippen LogP contribution in [0.2, 0.25) is 0 Å². The van der Waals surface area contributed by atoms with E-state index in [1.54, 1.807) is 18.2 Å². The summed E-state index contributed by atoms with van der Waals surface area (Å²) in [6.45, 7) is 4.50. The van der Waals surface area contributed by atoms with E-state index in [1.807, 2.05) is 18.2 Å². The number of hydrazine groups is 1. The first-order valence-corrected chi connectivity index (χ1v) is 13.1. The van der Waals surface area contributed by atoms with Gasteiger partial charge in [0, 0.05) is 4.47 Å². The Morgan fingerprint density at radius 1 is 0.941 bits per heavy atom. The molecule has 0 aromatic heterocycles. The summed E-state index contributed by atoms with van der Waals surface area (Å²) in [5, 5.41) is 2.49. The number of hydrogen-bond donors (Lipinski definition) is 3. The van der Waals surface area contributed by atoms with Crippen molar-refractivity contribution >= 4 is 61.0 Å².